The number of hydrogen-bond acceptors (Lipinski definition) is 6. The summed E-state index contributed by atoms with van der Waals surface area (Å²) in [6.07, 6.45) is 1.61. The maximum absolute atomic E-state index is 12.0. The van der Waals surface area contributed by atoms with Crippen LogP contribution in [-0.4, -0.2) is 37.2 Å². The molecule has 0 fully saturated rings. The number of anilines is 1. The zero-order valence-corrected chi connectivity index (χ0v) is 14.3. The summed E-state index contributed by atoms with van der Waals surface area (Å²) in [5, 5.41) is 2.75. The molecule has 1 aromatic heterocycles. The van der Waals surface area contributed by atoms with Crippen molar-refractivity contribution in [3.8, 4) is 28.5 Å². The van der Waals surface area contributed by atoms with E-state index in [1.54, 1.807) is 39.7 Å². The van der Waals surface area contributed by atoms with E-state index < -0.39 is 5.41 Å². The average Bonchev–Trinajstić information content (AvgIpc) is 2.82. The van der Waals surface area contributed by atoms with Gasteiger partial charge < -0.3 is 19.5 Å². The van der Waals surface area contributed by atoms with Crippen LogP contribution in [-0.2, 0) is 10.2 Å². The minimum Gasteiger partial charge on any atom is -0.493 e. The predicted molar refractivity (Wildman–Crippen MR) is 88.8 cm³/mol. The van der Waals surface area contributed by atoms with Gasteiger partial charge in [0.1, 0.15) is 0 Å². The van der Waals surface area contributed by atoms with E-state index in [0.29, 0.717) is 34.5 Å². The van der Waals surface area contributed by atoms with Crippen molar-refractivity contribution in [1.82, 2.24) is 9.97 Å². The van der Waals surface area contributed by atoms with Crippen LogP contribution in [0.5, 0.6) is 17.2 Å². The summed E-state index contributed by atoms with van der Waals surface area (Å²) >= 11 is 0. The van der Waals surface area contributed by atoms with Crippen molar-refractivity contribution in [1.29, 1.82) is 0 Å². The van der Waals surface area contributed by atoms with E-state index in [2.05, 4.69) is 15.3 Å². The summed E-state index contributed by atoms with van der Waals surface area (Å²) in [6, 6.07) is 3.60. The summed E-state index contributed by atoms with van der Waals surface area (Å²) in [5.41, 5.74) is 1.28. The van der Waals surface area contributed by atoms with Gasteiger partial charge in [-0.3, -0.25) is 4.79 Å². The molecule has 2 aromatic rings. The molecule has 1 N–H and O–H groups in total. The number of benzene rings is 1. The first-order valence-electron chi connectivity index (χ1n) is 7.41. The molecule has 126 valence electrons. The van der Waals surface area contributed by atoms with Crippen LogP contribution in [0.4, 0.5) is 5.82 Å². The van der Waals surface area contributed by atoms with Crippen LogP contribution in [0.15, 0.2) is 18.3 Å². The molecule has 7 heteroatoms. The summed E-state index contributed by atoms with van der Waals surface area (Å²) in [4.78, 5) is 21.0. The lowest BCUT2D eigenvalue weighted by Gasteiger charge is -2.16. The fourth-order valence-electron chi connectivity index (χ4n) is 2.66. The van der Waals surface area contributed by atoms with E-state index in [4.69, 9.17) is 14.2 Å². The van der Waals surface area contributed by atoms with Crippen molar-refractivity contribution in [3.05, 3.63) is 24.0 Å². The molecule has 7 nitrogen and oxygen atoms in total. The molecule has 0 atom stereocenters. The van der Waals surface area contributed by atoms with Gasteiger partial charge in [-0.05, 0) is 26.0 Å². The van der Waals surface area contributed by atoms with Gasteiger partial charge >= 0.3 is 0 Å². The Balaban J connectivity index is 2.14. The number of aromatic nitrogens is 2. The number of carbonyl (C=O) groups is 1. The third-order valence-corrected chi connectivity index (χ3v) is 4.12. The summed E-state index contributed by atoms with van der Waals surface area (Å²) in [7, 11) is 4.66. The number of nitrogens with one attached hydrogen (secondary N) is 1. The molecule has 0 aliphatic carbocycles. The highest BCUT2D eigenvalue weighted by Gasteiger charge is 2.41. The van der Waals surface area contributed by atoms with Gasteiger partial charge in [0.25, 0.3) is 0 Å². The number of hydrogen-bond donors (Lipinski definition) is 1. The molecule has 2 heterocycles. The number of methoxy groups -OCH3 is 3. The van der Waals surface area contributed by atoms with Gasteiger partial charge in [0.05, 0.1) is 44.3 Å². The Morgan fingerprint density at radius 3 is 2.21 bits per heavy atom. The molecule has 0 radical (unpaired) electrons. The van der Waals surface area contributed by atoms with Crippen molar-refractivity contribution in [2.45, 2.75) is 19.3 Å². The highest BCUT2D eigenvalue weighted by molar-refractivity contribution is 6.04. The third kappa shape index (κ3) is 2.33. The Hall–Kier alpha value is -2.83. The maximum Gasteiger partial charge on any atom is 0.237 e. The number of carbonyl (C=O) groups excluding carboxylic acids is 1. The van der Waals surface area contributed by atoms with Gasteiger partial charge in [-0.1, -0.05) is 0 Å². The minimum atomic E-state index is -0.723. The molecule has 0 bridgehead atoms. The molecule has 1 aliphatic rings. The molecule has 0 spiro atoms. The lowest BCUT2D eigenvalue weighted by Crippen LogP contribution is -2.27. The van der Waals surface area contributed by atoms with Crippen LogP contribution in [0.25, 0.3) is 11.3 Å². The van der Waals surface area contributed by atoms with E-state index in [0.717, 1.165) is 5.56 Å². The van der Waals surface area contributed by atoms with E-state index in [-0.39, 0.29) is 5.91 Å². The predicted octanol–water partition coefficient (Wildman–Crippen LogP) is 2.40. The van der Waals surface area contributed by atoms with Gasteiger partial charge in [0.15, 0.2) is 17.3 Å². The van der Waals surface area contributed by atoms with Crippen molar-refractivity contribution < 1.29 is 19.0 Å². The van der Waals surface area contributed by atoms with Crippen molar-refractivity contribution in [3.63, 3.8) is 0 Å². The first-order valence-corrected chi connectivity index (χ1v) is 7.41. The largest absolute Gasteiger partial charge is 0.493 e. The Bertz CT molecular complexity index is 792. The Kier molecular flexibility index (Phi) is 3.79. The number of ether oxygens (including phenoxy) is 3. The lowest BCUT2D eigenvalue weighted by molar-refractivity contribution is -0.119. The van der Waals surface area contributed by atoms with Gasteiger partial charge in [-0.25, -0.2) is 9.97 Å². The van der Waals surface area contributed by atoms with Crippen LogP contribution < -0.4 is 19.5 Å². The maximum atomic E-state index is 12.0. The fraction of sp³-hybridized carbons (Fsp3) is 0.353. The number of amides is 1. The molecule has 1 aromatic carbocycles. The number of fused-ring (bicyclic) bond motifs is 1. The Labute approximate surface area is 140 Å². The van der Waals surface area contributed by atoms with Gasteiger partial charge in [0, 0.05) is 5.56 Å². The highest BCUT2D eigenvalue weighted by Crippen LogP contribution is 2.42. The SMILES string of the molecule is COc1cc(-c2cnc3c(n2)C(C)(C)C(=O)N3)cc(OC)c1OC. The van der Waals surface area contributed by atoms with E-state index in [1.807, 2.05) is 13.8 Å². The summed E-state index contributed by atoms with van der Waals surface area (Å²) < 4.78 is 16.1. The molecule has 0 saturated carbocycles. The molecule has 1 amide bonds. The zero-order valence-electron chi connectivity index (χ0n) is 14.3. The van der Waals surface area contributed by atoms with E-state index >= 15 is 0 Å². The molecule has 1 aliphatic heterocycles. The van der Waals surface area contributed by atoms with Crippen LogP contribution in [0, 0.1) is 0 Å². The molecule has 24 heavy (non-hydrogen) atoms. The highest BCUT2D eigenvalue weighted by atomic mass is 16.5. The molecular weight excluding hydrogens is 310 g/mol. The van der Waals surface area contributed by atoms with E-state index in [1.165, 1.54) is 0 Å². The molecule has 0 saturated heterocycles. The van der Waals surface area contributed by atoms with Crippen LogP contribution in [0.2, 0.25) is 0 Å². The van der Waals surface area contributed by atoms with Gasteiger partial charge in [-0.2, -0.15) is 0 Å². The zero-order chi connectivity index (χ0) is 17.5. The first-order chi connectivity index (χ1) is 11.4. The number of rotatable bonds is 4. The Morgan fingerprint density at radius 2 is 1.67 bits per heavy atom. The molecule has 0 unspecified atom stereocenters. The lowest BCUT2D eigenvalue weighted by atomic mass is 9.91. The van der Waals surface area contributed by atoms with Crippen LogP contribution in [0.1, 0.15) is 19.5 Å². The number of nitrogens with zero attached hydrogens (tertiary/aromatic N) is 2. The minimum absolute atomic E-state index is 0.112. The summed E-state index contributed by atoms with van der Waals surface area (Å²) in [6.45, 7) is 3.64. The smallest absolute Gasteiger partial charge is 0.237 e. The fourth-order valence-corrected chi connectivity index (χ4v) is 2.66. The standard InChI is InChI=1S/C17H19N3O4/c1-17(2)14-15(20-16(17)21)18-8-10(19-14)9-6-11(22-3)13(24-5)12(7-9)23-4/h6-8H,1-5H3,(H,18,20,21). The van der Waals surface area contributed by atoms with Gasteiger partial charge in [0.2, 0.25) is 11.7 Å². The third-order valence-electron chi connectivity index (χ3n) is 4.12. The Morgan fingerprint density at radius 1 is 1.04 bits per heavy atom. The second kappa shape index (κ2) is 5.67. The summed E-state index contributed by atoms with van der Waals surface area (Å²) in [5.74, 6) is 1.96. The quantitative estimate of drug-likeness (QED) is 0.927. The second-order valence-corrected chi connectivity index (χ2v) is 5.95. The van der Waals surface area contributed by atoms with Crippen LogP contribution >= 0.6 is 0 Å². The normalized spacial score (nSPS) is 14.8. The second-order valence-electron chi connectivity index (χ2n) is 5.95. The van der Waals surface area contributed by atoms with E-state index in [9.17, 15) is 4.79 Å². The topological polar surface area (TPSA) is 82.6 Å². The van der Waals surface area contributed by atoms with Crippen molar-refractivity contribution in [2.75, 3.05) is 26.6 Å². The average molecular weight is 329 g/mol. The van der Waals surface area contributed by atoms with Crippen molar-refractivity contribution >= 4 is 11.7 Å². The first kappa shape index (κ1) is 16.0. The van der Waals surface area contributed by atoms with Gasteiger partial charge in [-0.15, -0.1) is 0 Å². The molecular formula is C17H19N3O4. The van der Waals surface area contributed by atoms with Crippen LogP contribution in [0.3, 0.4) is 0 Å². The van der Waals surface area contributed by atoms with Crippen molar-refractivity contribution in [2.24, 2.45) is 0 Å². The molecule has 3 rings (SSSR count). The monoisotopic (exact) mass is 329 g/mol.